The van der Waals surface area contributed by atoms with Gasteiger partial charge >= 0.3 is 0 Å². The predicted octanol–water partition coefficient (Wildman–Crippen LogP) is 4.63. The van der Waals surface area contributed by atoms with Crippen LogP contribution in [0.15, 0.2) is 78.4 Å². The summed E-state index contributed by atoms with van der Waals surface area (Å²) < 4.78 is 10.5. The molecule has 22 heavy (non-hydrogen) atoms. The van der Waals surface area contributed by atoms with Gasteiger partial charge in [-0.3, -0.25) is 0 Å². The number of rotatable bonds is 4. The lowest BCUT2D eigenvalue weighted by atomic mass is 9.93. The topological polar surface area (TPSA) is 18.5 Å². The zero-order valence-electron chi connectivity index (χ0n) is 12.7. The third kappa shape index (κ3) is 2.82. The van der Waals surface area contributed by atoms with Gasteiger partial charge in [0.2, 0.25) is 0 Å². The molecule has 2 aromatic carbocycles. The van der Waals surface area contributed by atoms with Gasteiger partial charge in [-0.05, 0) is 46.5 Å². The molecule has 1 aliphatic carbocycles. The quantitative estimate of drug-likeness (QED) is 0.817. The standard InChI is InChI=1S/C20H18O2/c1-21-18-11-7-16(8-12-18)20(15-5-3-4-6-15)17-9-13-19(22-2)14-10-17/h3-14H,1-2H3. The summed E-state index contributed by atoms with van der Waals surface area (Å²) >= 11 is 0. The summed E-state index contributed by atoms with van der Waals surface area (Å²) in [4.78, 5) is 0. The molecule has 0 atom stereocenters. The van der Waals surface area contributed by atoms with Crippen molar-refractivity contribution in [1.29, 1.82) is 0 Å². The van der Waals surface area contributed by atoms with Crippen molar-refractivity contribution in [1.82, 2.24) is 0 Å². The lowest BCUT2D eigenvalue weighted by Crippen LogP contribution is -1.93. The molecule has 1 aliphatic rings. The molecule has 0 saturated carbocycles. The monoisotopic (exact) mass is 290 g/mol. The van der Waals surface area contributed by atoms with Crippen LogP contribution in [0.25, 0.3) is 5.57 Å². The highest BCUT2D eigenvalue weighted by molar-refractivity contribution is 5.86. The molecule has 2 aromatic rings. The highest BCUT2D eigenvalue weighted by atomic mass is 16.5. The van der Waals surface area contributed by atoms with E-state index in [1.165, 1.54) is 11.1 Å². The van der Waals surface area contributed by atoms with E-state index in [9.17, 15) is 0 Å². The smallest absolute Gasteiger partial charge is 0.118 e. The van der Waals surface area contributed by atoms with Crippen LogP contribution in [-0.2, 0) is 0 Å². The Hall–Kier alpha value is -2.74. The maximum absolute atomic E-state index is 5.25. The number of methoxy groups -OCH3 is 2. The highest BCUT2D eigenvalue weighted by Crippen LogP contribution is 2.31. The molecule has 0 spiro atoms. The van der Waals surface area contributed by atoms with Crippen LogP contribution in [0.2, 0.25) is 0 Å². The summed E-state index contributed by atoms with van der Waals surface area (Å²) in [6.07, 6.45) is 8.37. The van der Waals surface area contributed by atoms with Crippen LogP contribution in [0, 0.1) is 0 Å². The third-order valence-corrected chi connectivity index (χ3v) is 3.71. The Morgan fingerprint density at radius 1 is 0.636 bits per heavy atom. The second-order valence-corrected chi connectivity index (χ2v) is 5.01. The zero-order chi connectivity index (χ0) is 15.4. The fraction of sp³-hybridized carbons (Fsp3) is 0.100. The van der Waals surface area contributed by atoms with Gasteiger partial charge in [0.1, 0.15) is 11.5 Å². The molecule has 0 saturated heterocycles. The predicted molar refractivity (Wildman–Crippen MR) is 90.3 cm³/mol. The summed E-state index contributed by atoms with van der Waals surface area (Å²) in [5.74, 6) is 1.72. The molecule has 2 heteroatoms. The fourth-order valence-corrected chi connectivity index (χ4v) is 2.56. The zero-order valence-corrected chi connectivity index (χ0v) is 12.7. The average Bonchev–Trinajstić information content (AvgIpc) is 3.10. The van der Waals surface area contributed by atoms with Gasteiger partial charge < -0.3 is 9.47 Å². The SMILES string of the molecule is COc1ccc(C(=C2C=CC=C2)c2ccc(OC)cc2)cc1. The molecule has 3 rings (SSSR count). The largest absolute Gasteiger partial charge is 0.497 e. The Labute approximate surface area is 131 Å². The normalized spacial score (nSPS) is 12.5. The first kappa shape index (κ1) is 14.2. The van der Waals surface area contributed by atoms with Crippen molar-refractivity contribution in [2.24, 2.45) is 0 Å². The molecule has 0 amide bonds. The van der Waals surface area contributed by atoms with Crippen molar-refractivity contribution in [2.45, 2.75) is 0 Å². The highest BCUT2D eigenvalue weighted by Gasteiger charge is 2.11. The van der Waals surface area contributed by atoms with Crippen molar-refractivity contribution < 1.29 is 9.47 Å². The maximum Gasteiger partial charge on any atom is 0.118 e. The fourth-order valence-electron chi connectivity index (χ4n) is 2.56. The van der Waals surface area contributed by atoms with Gasteiger partial charge in [0, 0.05) is 0 Å². The van der Waals surface area contributed by atoms with Crippen LogP contribution in [-0.4, -0.2) is 14.2 Å². The molecular weight excluding hydrogens is 272 g/mol. The van der Waals surface area contributed by atoms with Crippen molar-refractivity contribution in [2.75, 3.05) is 14.2 Å². The lowest BCUT2D eigenvalue weighted by Gasteiger charge is -2.12. The minimum Gasteiger partial charge on any atom is -0.497 e. The van der Waals surface area contributed by atoms with Gasteiger partial charge in [-0.1, -0.05) is 48.6 Å². The second kappa shape index (κ2) is 6.35. The number of allylic oxidation sites excluding steroid dienone is 5. The van der Waals surface area contributed by atoms with Crippen molar-refractivity contribution in [3.05, 3.63) is 89.5 Å². The van der Waals surface area contributed by atoms with E-state index in [4.69, 9.17) is 9.47 Å². The molecule has 0 aliphatic heterocycles. The van der Waals surface area contributed by atoms with Gasteiger partial charge in [0.25, 0.3) is 0 Å². The summed E-state index contributed by atoms with van der Waals surface area (Å²) in [5.41, 5.74) is 4.74. The van der Waals surface area contributed by atoms with Crippen LogP contribution in [0.5, 0.6) is 11.5 Å². The molecule has 110 valence electrons. The van der Waals surface area contributed by atoms with Gasteiger partial charge in [0.05, 0.1) is 14.2 Å². The first-order valence-corrected chi connectivity index (χ1v) is 7.19. The van der Waals surface area contributed by atoms with Crippen LogP contribution in [0.3, 0.4) is 0 Å². The Morgan fingerprint density at radius 2 is 1.05 bits per heavy atom. The first-order valence-electron chi connectivity index (χ1n) is 7.19. The van der Waals surface area contributed by atoms with E-state index in [1.807, 2.05) is 24.3 Å². The van der Waals surface area contributed by atoms with Crippen molar-refractivity contribution in [3.63, 3.8) is 0 Å². The molecule has 2 nitrogen and oxygen atoms in total. The van der Waals surface area contributed by atoms with E-state index < -0.39 is 0 Å². The number of ether oxygens (including phenoxy) is 2. The van der Waals surface area contributed by atoms with Crippen LogP contribution < -0.4 is 9.47 Å². The molecule has 0 heterocycles. The summed E-state index contributed by atoms with van der Waals surface area (Å²) in [6, 6.07) is 16.3. The van der Waals surface area contributed by atoms with Gasteiger partial charge in [-0.15, -0.1) is 0 Å². The van der Waals surface area contributed by atoms with Gasteiger partial charge in [-0.25, -0.2) is 0 Å². The Kier molecular flexibility index (Phi) is 4.10. The lowest BCUT2D eigenvalue weighted by molar-refractivity contribution is 0.414. The van der Waals surface area contributed by atoms with E-state index in [0.717, 1.165) is 22.6 Å². The maximum atomic E-state index is 5.25. The van der Waals surface area contributed by atoms with Crippen LogP contribution in [0.4, 0.5) is 0 Å². The molecule has 0 bridgehead atoms. The summed E-state index contributed by atoms with van der Waals surface area (Å²) in [6.45, 7) is 0. The average molecular weight is 290 g/mol. The minimum atomic E-state index is 0.861. The number of benzene rings is 2. The van der Waals surface area contributed by atoms with E-state index in [2.05, 4.69) is 48.6 Å². The van der Waals surface area contributed by atoms with Crippen molar-refractivity contribution >= 4 is 5.57 Å². The molecule has 0 aromatic heterocycles. The van der Waals surface area contributed by atoms with E-state index in [-0.39, 0.29) is 0 Å². The molecule has 0 fully saturated rings. The Balaban J connectivity index is 2.09. The molecule has 0 radical (unpaired) electrons. The summed E-state index contributed by atoms with van der Waals surface area (Å²) in [7, 11) is 3.36. The van der Waals surface area contributed by atoms with Gasteiger partial charge in [-0.2, -0.15) is 0 Å². The van der Waals surface area contributed by atoms with Gasteiger partial charge in [0.15, 0.2) is 0 Å². The van der Waals surface area contributed by atoms with E-state index in [1.54, 1.807) is 14.2 Å². The van der Waals surface area contributed by atoms with Crippen LogP contribution in [0.1, 0.15) is 11.1 Å². The third-order valence-electron chi connectivity index (χ3n) is 3.71. The van der Waals surface area contributed by atoms with E-state index in [0.29, 0.717) is 0 Å². The van der Waals surface area contributed by atoms with Crippen molar-refractivity contribution in [3.8, 4) is 11.5 Å². The first-order chi connectivity index (χ1) is 10.8. The Bertz CT molecular complexity index is 669. The number of hydrogen-bond acceptors (Lipinski definition) is 2. The van der Waals surface area contributed by atoms with Crippen LogP contribution >= 0.6 is 0 Å². The number of hydrogen-bond donors (Lipinski definition) is 0. The van der Waals surface area contributed by atoms with E-state index >= 15 is 0 Å². The second-order valence-electron chi connectivity index (χ2n) is 5.01. The minimum absolute atomic E-state index is 0.861. The molecule has 0 unspecified atom stereocenters. The molecular formula is C20H18O2. The summed E-state index contributed by atoms with van der Waals surface area (Å²) in [5, 5.41) is 0. The molecule has 0 N–H and O–H groups in total. The Morgan fingerprint density at radius 3 is 1.41 bits per heavy atom.